The molecule has 0 aliphatic carbocycles. The first kappa shape index (κ1) is 19.4. The lowest BCUT2D eigenvalue weighted by Crippen LogP contribution is -2.54. The number of amides is 2. The Morgan fingerprint density at radius 2 is 2.11 bits per heavy atom. The highest BCUT2D eigenvalue weighted by Gasteiger charge is 2.42. The maximum absolute atomic E-state index is 12.7. The predicted molar refractivity (Wildman–Crippen MR) is 106 cm³/mol. The molecule has 0 aromatic carbocycles. The molecule has 4 heterocycles. The van der Waals surface area contributed by atoms with Crippen molar-refractivity contribution in [3.63, 3.8) is 0 Å². The molecule has 0 radical (unpaired) electrons. The van der Waals surface area contributed by atoms with Crippen molar-refractivity contribution in [2.45, 2.75) is 57.5 Å². The van der Waals surface area contributed by atoms with Crippen LogP contribution in [0.25, 0.3) is 0 Å². The summed E-state index contributed by atoms with van der Waals surface area (Å²) in [7, 11) is 0. The number of likely N-dealkylation sites (tertiary alicyclic amines) is 2. The van der Waals surface area contributed by atoms with E-state index in [9.17, 15) is 9.59 Å². The number of hydrogen-bond donors (Lipinski definition) is 0. The highest BCUT2D eigenvalue weighted by molar-refractivity contribution is 5.81. The number of carbonyl (C=O) groups excluding carboxylic acids is 2. The molecule has 1 spiro atoms. The molecule has 1 aromatic heterocycles. The van der Waals surface area contributed by atoms with Gasteiger partial charge in [0.25, 0.3) is 5.91 Å². The summed E-state index contributed by atoms with van der Waals surface area (Å²) < 4.78 is 5.69. The SMILES string of the molecule is O=C1CCC2(CCN(C(=O)[C@H]3CCCCO3)CC2)CN1CCc1cccnc1. The molecule has 3 aliphatic heterocycles. The van der Waals surface area contributed by atoms with E-state index in [2.05, 4.69) is 11.1 Å². The molecule has 0 bridgehead atoms. The average Bonchev–Trinajstić information content (AvgIpc) is 2.76. The zero-order valence-corrected chi connectivity index (χ0v) is 16.6. The van der Waals surface area contributed by atoms with E-state index >= 15 is 0 Å². The maximum atomic E-state index is 12.7. The Bertz CT molecular complexity index is 680. The van der Waals surface area contributed by atoms with Crippen LogP contribution in [0.4, 0.5) is 0 Å². The number of pyridine rings is 1. The third-order valence-electron chi connectivity index (χ3n) is 6.73. The van der Waals surface area contributed by atoms with Crippen LogP contribution in [0, 0.1) is 5.41 Å². The number of hydrogen-bond acceptors (Lipinski definition) is 4. The zero-order chi connectivity index (χ0) is 19.4. The minimum Gasteiger partial charge on any atom is -0.368 e. The van der Waals surface area contributed by atoms with Gasteiger partial charge in [0, 0.05) is 51.6 Å². The van der Waals surface area contributed by atoms with Crippen molar-refractivity contribution in [2.75, 3.05) is 32.8 Å². The molecule has 3 saturated heterocycles. The molecule has 6 heteroatoms. The van der Waals surface area contributed by atoms with E-state index < -0.39 is 0 Å². The Kier molecular flexibility index (Phi) is 5.95. The van der Waals surface area contributed by atoms with Gasteiger partial charge < -0.3 is 14.5 Å². The number of piperidine rings is 2. The Balaban J connectivity index is 1.31. The van der Waals surface area contributed by atoms with Crippen molar-refractivity contribution < 1.29 is 14.3 Å². The van der Waals surface area contributed by atoms with Gasteiger partial charge in [-0.05, 0) is 62.0 Å². The smallest absolute Gasteiger partial charge is 0.251 e. The lowest BCUT2D eigenvalue weighted by atomic mass is 9.72. The molecule has 4 rings (SSSR count). The molecule has 1 atom stereocenters. The van der Waals surface area contributed by atoms with Crippen molar-refractivity contribution in [3.05, 3.63) is 30.1 Å². The molecular formula is C22H31N3O3. The summed E-state index contributed by atoms with van der Waals surface area (Å²) in [5.41, 5.74) is 1.34. The van der Waals surface area contributed by atoms with Gasteiger partial charge in [0.1, 0.15) is 6.10 Å². The zero-order valence-electron chi connectivity index (χ0n) is 16.6. The Labute approximate surface area is 167 Å². The standard InChI is InChI=1S/C22H31N3O3/c26-20-6-8-22(17-25(20)12-7-18-4-3-11-23-16-18)9-13-24(14-10-22)21(27)19-5-1-2-15-28-19/h3-4,11,16,19H,1-2,5-10,12-15,17H2/t19-/m1/s1. The Morgan fingerprint density at radius 3 is 2.82 bits per heavy atom. The van der Waals surface area contributed by atoms with Crippen molar-refractivity contribution >= 4 is 11.8 Å². The minimum atomic E-state index is -0.230. The Hall–Kier alpha value is -1.95. The van der Waals surface area contributed by atoms with Gasteiger partial charge in [-0.25, -0.2) is 0 Å². The Morgan fingerprint density at radius 1 is 1.25 bits per heavy atom. The fraction of sp³-hybridized carbons (Fsp3) is 0.682. The molecular weight excluding hydrogens is 354 g/mol. The highest BCUT2D eigenvalue weighted by atomic mass is 16.5. The van der Waals surface area contributed by atoms with Crippen LogP contribution >= 0.6 is 0 Å². The maximum Gasteiger partial charge on any atom is 0.251 e. The topological polar surface area (TPSA) is 62.7 Å². The molecule has 0 saturated carbocycles. The quantitative estimate of drug-likeness (QED) is 0.799. The normalized spacial score (nSPS) is 25.1. The third kappa shape index (κ3) is 4.37. The number of rotatable bonds is 4. The summed E-state index contributed by atoms with van der Waals surface area (Å²) in [6.07, 6.45) is 10.8. The number of ether oxygens (including phenoxy) is 1. The second-order valence-electron chi connectivity index (χ2n) is 8.61. The van der Waals surface area contributed by atoms with Crippen LogP contribution in [0.3, 0.4) is 0 Å². The monoisotopic (exact) mass is 385 g/mol. The fourth-order valence-corrected chi connectivity index (χ4v) is 4.86. The summed E-state index contributed by atoms with van der Waals surface area (Å²) in [4.78, 5) is 33.4. The lowest BCUT2D eigenvalue weighted by Gasteiger charge is -2.48. The van der Waals surface area contributed by atoms with E-state index in [4.69, 9.17) is 4.74 Å². The largest absolute Gasteiger partial charge is 0.368 e. The molecule has 0 unspecified atom stereocenters. The summed E-state index contributed by atoms with van der Waals surface area (Å²) in [6, 6.07) is 4.01. The lowest BCUT2D eigenvalue weighted by molar-refractivity contribution is -0.151. The first-order valence-corrected chi connectivity index (χ1v) is 10.7. The van der Waals surface area contributed by atoms with Crippen LogP contribution < -0.4 is 0 Å². The van der Waals surface area contributed by atoms with Crippen molar-refractivity contribution in [1.29, 1.82) is 0 Å². The molecule has 3 aliphatic rings. The van der Waals surface area contributed by atoms with E-state index in [0.29, 0.717) is 13.0 Å². The van der Waals surface area contributed by atoms with Gasteiger partial charge >= 0.3 is 0 Å². The first-order valence-electron chi connectivity index (χ1n) is 10.7. The number of aromatic nitrogens is 1. The van der Waals surface area contributed by atoms with Crippen LogP contribution in [0.5, 0.6) is 0 Å². The molecule has 28 heavy (non-hydrogen) atoms. The van der Waals surface area contributed by atoms with E-state index in [0.717, 1.165) is 71.1 Å². The fourth-order valence-electron chi connectivity index (χ4n) is 4.86. The molecule has 6 nitrogen and oxygen atoms in total. The molecule has 152 valence electrons. The number of nitrogens with zero attached hydrogens (tertiary/aromatic N) is 3. The van der Waals surface area contributed by atoms with E-state index in [-0.39, 0.29) is 23.3 Å². The van der Waals surface area contributed by atoms with Gasteiger partial charge in [-0.2, -0.15) is 0 Å². The summed E-state index contributed by atoms with van der Waals surface area (Å²) in [6.45, 7) is 3.88. The molecule has 1 aromatic rings. The molecule has 0 N–H and O–H groups in total. The van der Waals surface area contributed by atoms with E-state index in [1.54, 1.807) is 6.20 Å². The van der Waals surface area contributed by atoms with Crippen molar-refractivity contribution in [2.24, 2.45) is 5.41 Å². The van der Waals surface area contributed by atoms with Crippen LogP contribution in [-0.4, -0.2) is 65.5 Å². The molecule has 3 fully saturated rings. The summed E-state index contributed by atoms with van der Waals surface area (Å²) in [5, 5.41) is 0. The van der Waals surface area contributed by atoms with Gasteiger partial charge in [-0.3, -0.25) is 14.6 Å². The van der Waals surface area contributed by atoms with E-state index in [1.165, 1.54) is 5.56 Å². The minimum absolute atomic E-state index is 0.174. The van der Waals surface area contributed by atoms with Gasteiger partial charge in [-0.15, -0.1) is 0 Å². The molecule has 2 amide bonds. The van der Waals surface area contributed by atoms with Crippen molar-refractivity contribution in [1.82, 2.24) is 14.8 Å². The van der Waals surface area contributed by atoms with Gasteiger partial charge in [-0.1, -0.05) is 6.07 Å². The summed E-state index contributed by atoms with van der Waals surface area (Å²) in [5.74, 6) is 0.443. The van der Waals surface area contributed by atoms with E-state index in [1.807, 2.05) is 22.1 Å². The summed E-state index contributed by atoms with van der Waals surface area (Å²) >= 11 is 0. The van der Waals surface area contributed by atoms with Gasteiger partial charge in [0.2, 0.25) is 5.91 Å². The van der Waals surface area contributed by atoms with Crippen molar-refractivity contribution in [3.8, 4) is 0 Å². The van der Waals surface area contributed by atoms with Gasteiger partial charge in [0.05, 0.1) is 0 Å². The highest BCUT2D eigenvalue weighted by Crippen LogP contribution is 2.40. The van der Waals surface area contributed by atoms with Gasteiger partial charge in [0.15, 0.2) is 0 Å². The second kappa shape index (κ2) is 8.60. The second-order valence-corrected chi connectivity index (χ2v) is 8.61. The van der Waals surface area contributed by atoms with Crippen LogP contribution in [0.15, 0.2) is 24.5 Å². The van der Waals surface area contributed by atoms with Crippen LogP contribution in [0.1, 0.15) is 50.5 Å². The van der Waals surface area contributed by atoms with Crippen LogP contribution in [0.2, 0.25) is 0 Å². The van der Waals surface area contributed by atoms with Crippen LogP contribution in [-0.2, 0) is 20.7 Å². The third-order valence-corrected chi connectivity index (χ3v) is 6.73. The average molecular weight is 386 g/mol. The first-order chi connectivity index (χ1) is 13.7. The predicted octanol–water partition coefficient (Wildman–Crippen LogP) is 2.42. The number of carbonyl (C=O) groups is 2.